The number of likely N-dealkylation sites (N-methyl/N-ethyl adjacent to an activating group) is 1. The van der Waals surface area contributed by atoms with Crippen LogP contribution in [0.3, 0.4) is 0 Å². The van der Waals surface area contributed by atoms with Crippen LogP contribution in [0.1, 0.15) is 11.5 Å². The van der Waals surface area contributed by atoms with E-state index in [1.54, 1.807) is 0 Å². The zero-order valence-electron chi connectivity index (χ0n) is 10.0. The number of likely N-dealkylation sites (tertiary alicyclic amines) is 1. The lowest BCUT2D eigenvalue weighted by molar-refractivity contribution is -0.145. The zero-order valence-corrected chi connectivity index (χ0v) is 10.8. The van der Waals surface area contributed by atoms with Crippen LogP contribution in [0.25, 0.3) is 0 Å². The maximum Gasteiger partial charge on any atom is 0.310 e. The molecule has 0 radical (unpaired) electrons. The molecule has 0 aromatic heterocycles. The van der Waals surface area contributed by atoms with Gasteiger partial charge in [0.15, 0.2) is 0 Å². The van der Waals surface area contributed by atoms with Gasteiger partial charge in [0.1, 0.15) is 0 Å². The van der Waals surface area contributed by atoms with Crippen LogP contribution in [0.15, 0.2) is 24.3 Å². The van der Waals surface area contributed by atoms with E-state index >= 15 is 0 Å². The Morgan fingerprint density at radius 1 is 1.41 bits per heavy atom. The van der Waals surface area contributed by atoms with Crippen molar-refractivity contribution in [3.8, 4) is 0 Å². The maximum absolute atomic E-state index is 11.8. The summed E-state index contributed by atoms with van der Waals surface area (Å²) in [5.41, 5.74) is 1.04. The molecule has 0 N–H and O–H groups in total. The predicted molar refractivity (Wildman–Crippen MR) is 67.2 cm³/mol. The number of ether oxygens (including phenoxy) is 1. The predicted octanol–water partition coefficient (Wildman–Crippen LogP) is 2.16. The second kappa shape index (κ2) is 5.07. The fraction of sp³-hybridized carbons (Fsp3) is 0.462. The summed E-state index contributed by atoms with van der Waals surface area (Å²) in [6.45, 7) is 1.56. The molecule has 2 rings (SSSR count). The second-order valence-corrected chi connectivity index (χ2v) is 4.89. The second-order valence-electron chi connectivity index (χ2n) is 4.48. The van der Waals surface area contributed by atoms with Crippen LogP contribution in [0, 0.1) is 5.92 Å². The minimum absolute atomic E-state index is 0.120. The Hall–Kier alpha value is -1.06. The van der Waals surface area contributed by atoms with Crippen molar-refractivity contribution < 1.29 is 9.53 Å². The smallest absolute Gasteiger partial charge is 0.310 e. The average Bonchev–Trinajstić information content (AvgIpc) is 2.71. The van der Waals surface area contributed by atoms with Crippen LogP contribution < -0.4 is 0 Å². The summed E-state index contributed by atoms with van der Waals surface area (Å²) in [6.07, 6.45) is 0. The minimum Gasteiger partial charge on any atom is -0.469 e. The van der Waals surface area contributed by atoms with E-state index < -0.39 is 0 Å². The Morgan fingerprint density at radius 3 is 2.76 bits per heavy atom. The van der Waals surface area contributed by atoms with Crippen molar-refractivity contribution in [2.45, 2.75) is 5.92 Å². The van der Waals surface area contributed by atoms with E-state index in [1.165, 1.54) is 7.11 Å². The number of methoxy groups -OCH3 is 1. The van der Waals surface area contributed by atoms with Crippen LogP contribution >= 0.6 is 11.6 Å². The topological polar surface area (TPSA) is 29.5 Å². The zero-order chi connectivity index (χ0) is 12.4. The molecule has 0 spiro atoms. The van der Waals surface area contributed by atoms with Gasteiger partial charge in [-0.15, -0.1) is 0 Å². The minimum atomic E-state index is -0.153. The molecular formula is C13H16ClNO2. The number of carbonyl (C=O) groups excluding carboxylic acids is 1. The molecule has 1 heterocycles. The van der Waals surface area contributed by atoms with Crippen LogP contribution in [-0.2, 0) is 9.53 Å². The molecule has 0 unspecified atom stereocenters. The molecule has 0 bridgehead atoms. The van der Waals surface area contributed by atoms with Crippen LogP contribution in [0.4, 0.5) is 0 Å². The molecule has 0 amide bonds. The quantitative estimate of drug-likeness (QED) is 0.757. The summed E-state index contributed by atoms with van der Waals surface area (Å²) in [6, 6.07) is 7.71. The summed E-state index contributed by atoms with van der Waals surface area (Å²) in [4.78, 5) is 13.9. The van der Waals surface area contributed by atoms with Gasteiger partial charge in [-0.1, -0.05) is 29.8 Å². The molecule has 17 heavy (non-hydrogen) atoms. The van der Waals surface area contributed by atoms with Crippen molar-refractivity contribution in [3.05, 3.63) is 34.9 Å². The van der Waals surface area contributed by atoms with Gasteiger partial charge in [-0.3, -0.25) is 4.79 Å². The number of halogens is 1. The molecule has 0 aliphatic carbocycles. The van der Waals surface area contributed by atoms with E-state index in [2.05, 4.69) is 4.90 Å². The lowest BCUT2D eigenvalue weighted by Gasteiger charge is -2.17. The number of esters is 1. The summed E-state index contributed by atoms with van der Waals surface area (Å²) >= 11 is 6.19. The van der Waals surface area contributed by atoms with Gasteiger partial charge in [0.05, 0.1) is 13.0 Å². The molecule has 1 saturated heterocycles. The number of hydrogen-bond donors (Lipinski definition) is 0. The Morgan fingerprint density at radius 2 is 2.12 bits per heavy atom. The van der Waals surface area contributed by atoms with Crippen molar-refractivity contribution in [3.63, 3.8) is 0 Å². The molecule has 1 fully saturated rings. The van der Waals surface area contributed by atoms with E-state index in [-0.39, 0.29) is 17.8 Å². The van der Waals surface area contributed by atoms with Crippen LogP contribution in [0.5, 0.6) is 0 Å². The number of nitrogens with zero attached hydrogens (tertiary/aromatic N) is 1. The van der Waals surface area contributed by atoms with Gasteiger partial charge in [-0.2, -0.15) is 0 Å². The van der Waals surface area contributed by atoms with Gasteiger partial charge in [-0.05, 0) is 18.7 Å². The van der Waals surface area contributed by atoms with Crippen molar-refractivity contribution in [2.24, 2.45) is 5.92 Å². The van der Waals surface area contributed by atoms with Crippen molar-refractivity contribution >= 4 is 17.6 Å². The summed E-state index contributed by atoms with van der Waals surface area (Å²) in [5.74, 6) is -0.148. The fourth-order valence-corrected chi connectivity index (χ4v) is 2.76. The van der Waals surface area contributed by atoms with Gasteiger partial charge >= 0.3 is 5.97 Å². The Balaban J connectivity index is 2.30. The molecule has 4 heteroatoms. The van der Waals surface area contributed by atoms with Gasteiger partial charge < -0.3 is 9.64 Å². The van der Waals surface area contributed by atoms with Gasteiger partial charge in [-0.25, -0.2) is 0 Å². The molecule has 1 aliphatic heterocycles. The molecule has 1 aromatic carbocycles. The van der Waals surface area contributed by atoms with Crippen molar-refractivity contribution in [1.82, 2.24) is 4.90 Å². The SMILES string of the molecule is COC(=O)[C@@H]1CN(C)C[C@@H]1c1ccccc1Cl. The number of carbonyl (C=O) groups is 1. The number of benzene rings is 1. The normalized spacial score (nSPS) is 24.9. The van der Waals surface area contributed by atoms with E-state index in [0.29, 0.717) is 0 Å². The monoisotopic (exact) mass is 253 g/mol. The van der Waals surface area contributed by atoms with Gasteiger partial charge in [0, 0.05) is 24.0 Å². The summed E-state index contributed by atoms with van der Waals surface area (Å²) in [5, 5.41) is 0.724. The highest BCUT2D eigenvalue weighted by Gasteiger charge is 2.38. The largest absolute Gasteiger partial charge is 0.469 e. The van der Waals surface area contributed by atoms with E-state index in [1.807, 2.05) is 31.3 Å². The third kappa shape index (κ3) is 2.45. The molecule has 3 nitrogen and oxygen atoms in total. The van der Waals surface area contributed by atoms with Gasteiger partial charge in [0.25, 0.3) is 0 Å². The van der Waals surface area contributed by atoms with E-state index in [4.69, 9.17) is 16.3 Å². The molecule has 92 valence electrons. The Kier molecular flexibility index (Phi) is 3.69. The molecule has 2 atom stereocenters. The maximum atomic E-state index is 11.8. The average molecular weight is 254 g/mol. The number of hydrogen-bond acceptors (Lipinski definition) is 3. The molecule has 1 aromatic rings. The van der Waals surface area contributed by atoms with E-state index in [9.17, 15) is 4.79 Å². The fourth-order valence-electron chi connectivity index (χ4n) is 2.48. The highest BCUT2D eigenvalue weighted by atomic mass is 35.5. The molecular weight excluding hydrogens is 238 g/mol. The third-order valence-corrected chi connectivity index (χ3v) is 3.66. The highest BCUT2D eigenvalue weighted by Crippen LogP contribution is 2.36. The Labute approximate surface area is 106 Å². The van der Waals surface area contributed by atoms with Crippen LogP contribution in [-0.4, -0.2) is 38.1 Å². The highest BCUT2D eigenvalue weighted by molar-refractivity contribution is 6.31. The first-order chi connectivity index (χ1) is 8.13. The molecule has 1 aliphatic rings. The third-order valence-electron chi connectivity index (χ3n) is 3.31. The van der Waals surface area contributed by atoms with Crippen LogP contribution in [0.2, 0.25) is 5.02 Å². The van der Waals surface area contributed by atoms with Gasteiger partial charge in [0.2, 0.25) is 0 Å². The molecule has 0 saturated carbocycles. The first-order valence-corrected chi connectivity index (χ1v) is 6.02. The summed E-state index contributed by atoms with van der Waals surface area (Å²) in [7, 11) is 3.44. The van der Waals surface area contributed by atoms with Crippen molar-refractivity contribution in [2.75, 3.05) is 27.2 Å². The number of rotatable bonds is 2. The lowest BCUT2D eigenvalue weighted by Crippen LogP contribution is -2.23. The first-order valence-electron chi connectivity index (χ1n) is 5.64. The summed E-state index contributed by atoms with van der Waals surface area (Å²) < 4.78 is 4.87. The standard InChI is InChI=1S/C13H16ClNO2/c1-15-7-10(11(8-15)13(16)17-2)9-5-3-4-6-12(9)14/h3-6,10-11H,7-8H2,1-2H3/t10-,11-/m1/s1. The first kappa shape index (κ1) is 12.4. The lowest BCUT2D eigenvalue weighted by atomic mass is 9.89. The Bertz CT molecular complexity index is 422. The van der Waals surface area contributed by atoms with E-state index in [0.717, 1.165) is 23.7 Å². The van der Waals surface area contributed by atoms with Crippen molar-refractivity contribution in [1.29, 1.82) is 0 Å².